The zero-order valence-electron chi connectivity index (χ0n) is 21.4. The molecule has 10 heteroatoms. The number of hydrogen-bond donors (Lipinski definition) is 1. The number of amides is 1. The van der Waals surface area contributed by atoms with Crippen LogP contribution in [0.3, 0.4) is 0 Å². The van der Waals surface area contributed by atoms with Gasteiger partial charge in [-0.1, -0.05) is 53.7 Å². The molecule has 0 saturated heterocycles. The Hall–Kier alpha value is -4.88. The van der Waals surface area contributed by atoms with E-state index < -0.39 is 4.92 Å². The van der Waals surface area contributed by atoms with Gasteiger partial charge in [0.15, 0.2) is 0 Å². The van der Waals surface area contributed by atoms with Crippen LogP contribution in [-0.2, 0) is 4.79 Å². The van der Waals surface area contributed by atoms with E-state index in [1.54, 1.807) is 7.11 Å². The molecule has 0 atom stereocenters. The number of non-ortho nitro benzene ring substituents is 1. The fourth-order valence-corrected chi connectivity index (χ4v) is 4.62. The number of nitriles is 1. The van der Waals surface area contributed by atoms with Crippen LogP contribution in [0, 0.1) is 28.4 Å². The number of rotatable bonds is 9. The highest BCUT2D eigenvalue weighted by Crippen LogP contribution is 2.35. The minimum atomic E-state index is -0.541. The second kappa shape index (κ2) is 12.1. The summed E-state index contributed by atoms with van der Waals surface area (Å²) in [7, 11) is 2.95. The predicted molar refractivity (Wildman–Crippen MR) is 150 cm³/mol. The van der Waals surface area contributed by atoms with Crippen molar-refractivity contribution in [2.75, 3.05) is 25.3 Å². The Morgan fingerprint density at radius 1 is 1.03 bits per heavy atom. The lowest BCUT2D eigenvalue weighted by atomic mass is 9.99. The first-order chi connectivity index (χ1) is 18.8. The van der Waals surface area contributed by atoms with Crippen LogP contribution in [-0.4, -0.2) is 35.8 Å². The number of ether oxygens (including phenoxy) is 2. The average Bonchev–Trinajstić information content (AvgIpc) is 2.96. The van der Waals surface area contributed by atoms with Gasteiger partial charge in [0.05, 0.1) is 47.9 Å². The Bertz CT molecular complexity index is 1560. The number of aryl methyl sites for hydroxylation is 1. The monoisotopic (exact) mass is 540 g/mol. The number of nitro benzene ring substituents is 1. The van der Waals surface area contributed by atoms with E-state index in [0.29, 0.717) is 33.3 Å². The normalized spacial score (nSPS) is 10.4. The highest BCUT2D eigenvalue weighted by atomic mass is 32.2. The number of anilines is 1. The van der Waals surface area contributed by atoms with E-state index in [1.165, 1.54) is 25.3 Å². The molecule has 1 amide bonds. The van der Waals surface area contributed by atoms with Crippen LogP contribution in [0.1, 0.15) is 11.1 Å². The van der Waals surface area contributed by atoms with E-state index in [1.807, 2.05) is 61.5 Å². The quantitative estimate of drug-likeness (QED) is 0.150. The number of carbonyl (C=O) groups is 1. The number of nitrogens with zero attached hydrogens (tertiary/aromatic N) is 3. The smallest absolute Gasteiger partial charge is 0.273 e. The van der Waals surface area contributed by atoms with Gasteiger partial charge in [0.25, 0.3) is 5.69 Å². The summed E-state index contributed by atoms with van der Waals surface area (Å²) >= 11 is 1.13. The van der Waals surface area contributed by atoms with E-state index in [0.717, 1.165) is 28.5 Å². The minimum absolute atomic E-state index is 0.0543. The van der Waals surface area contributed by atoms with E-state index in [-0.39, 0.29) is 23.1 Å². The van der Waals surface area contributed by atoms with Crippen LogP contribution < -0.4 is 14.8 Å². The summed E-state index contributed by atoms with van der Waals surface area (Å²) in [5, 5.41) is 24.3. The lowest BCUT2D eigenvalue weighted by molar-refractivity contribution is -0.384. The van der Waals surface area contributed by atoms with Crippen molar-refractivity contribution in [3.63, 3.8) is 0 Å². The maximum atomic E-state index is 12.8. The summed E-state index contributed by atoms with van der Waals surface area (Å²) < 4.78 is 10.5. The number of hydrogen-bond acceptors (Lipinski definition) is 8. The maximum Gasteiger partial charge on any atom is 0.273 e. The van der Waals surface area contributed by atoms with Gasteiger partial charge in [-0.05, 0) is 36.8 Å². The second-order valence-electron chi connectivity index (χ2n) is 8.42. The third-order valence-corrected chi connectivity index (χ3v) is 6.83. The molecule has 0 unspecified atom stereocenters. The van der Waals surface area contributed by atoms with Crippen molar-refractivity contribution in [1.29, 1.82) is 5.26 Å². The maximum absolute atomic E-state index is 12.8. The molecule has 1 aromatic heterocycles. The molecule has 1 N–H and O–H groups in total. The third-order valence-electron chi connectivity index (χ3n) is 5.86. The number of thioether (sulfide) groups is 1. The summed E-state index contributed by atoms with van der Waals surface area (Å²) in [5.74, 6) is 0.422. The first-order valence-corrected chi connectivity index (χ1v) is 12.7. The summed E-state index contributed by atoms with van der Waals surface area (Å²) in [5.41, 5.74) is 4.64. The highest BCUT2D eigenvalue weighted by molar-refractivity contribution is 8.00. The Morgan fingerprint density at radius 3 is 2.33 bits per heavy atom. The van der Waals surface area contributed by atoms with E-state index in [2.05, 4.69) is 11.4 Å². The molecular weight excluding hydrogens is 516 g/mol. The molecule has 3 aromatic carbocycles. The van der Waals surface area contributed by atoms with Gasteiger partial charge >= 0.3 is 0 Å². The van der Waals surface area contributed by atoms with Gasteiger partial charge in [-0.15, -0.1) is 0 Å². The Balaban J connectivity index is 1.66. The van der Waals surface area contributed by atoms with Gasteiger partial charge in [-0.3, -0.25) is 14.9 Å². The topological polar surface area (TPSA) is 127 Å². The molecule has 9 nitrogen and oxygen atoms in total. The minimum Gasteiger partial charge on any atom is -0.497 e. The largest absolute Gasteiger partial charge is 0.497 e. The zero-order chi connectivity index (χ0) is 27.9. The third kappa shape index (κ3) is 6.34. The first-order valence-electron chi connectivity index (χ1n) is 11.7. The van der Waals surface area contributed by atoms with Gasteiger partial charge in [0, 0.05) is 17.2 Å². The van der Waals surface area contributed by atoms with E-state index in [4.69, 9.17) is 14.5 Å². The number of nitro groups is 1. The van der Waals surface area contributed by atoms with Crippen molar-refractivity contribution in [2.24, 2.45) is 0 Å². The fourth-order valence-electron chi connectivity index (χ4n) is 3.82. The molecule has 0 bridgehead atoms. The zero-order valence-corrected chi connectivity index (χ0v) is 22.2. The molecule has 0 fully saturated rings. The summed E-state index contributed by atoms with van der Waals surface area (Å²) in [6.45, 7) is 2.00. The number of methoxy groups -OCH3 is 2. The van der Waals surface area contributed by atoms with Crippen LogP contribution in [0.2, 0.25) is 0 Å². The lowest BCUT2D eigenvalue weighted by Gasteiger charge is -2.14. The molecule has 0 spiro atoms. The molecular formula is C29H24N4O5S. The van der Waals surface area contributed by atoms with Crippen molar-refractivity contribution in [3.8, 4) is 40.0 Å². The van der Waals surface area contributed by atoms with Gasteiger partial charge in [0.1, 0.15) is 22.6 Å². The van der Waals surface area contributed by atoms with Crippen molar-refractivity contribution in [2.45, 2.75) is 11.9 Å². The van der Waals surface area contributed by atoms with Gasteiger partial charge in [0.2, 0.25) is 5.91 Å². The van der Waals surface area contributed by atoms with Gasteiger partial charge in [-0.2, -0.15) is 5.26 Å². The molecule has 196 valence electrons. The summed E-state index contributed by atoms with van der Waals surface area (Å²) in [6.07, 6.45) is 0. The molecule has 4 aromatic rings. The standard InChI is InChI=1S/C29H24N4O5S/c1-18-4-6-20(7-5-18)26-15-23(19-8-11-22(37-2)12-9-19)24(16-30)29(32-26)39-17-28(34)31-25-13-10-21(33(35)36)14-27(25)38-3/h4-15H,17H2,1-3H3,(H,31,34). The summed E-state index contributed by atoms with van der Waals surface area (Å²) in [4.78, 5) is 28.1. The Labute approximate surface area is 229 Å². The molecule has 0 aliphatic heterocycles. The van der Waals surface area contributed by atoms with Gasteiger partial charge < -0.3 is 14.8 Å². The number of pyridine rings is 1. The van der Waals surface area contributed by atoms with E-state index in [9.17, 15) is 20.2 Å². The first kappa shape index (κ1) is 27.2. The van der Waals surface area contributed by atoms with Crippen molar-refractivity contribution < 1.29 is 19.2 Å². The van der Waals surface area contributed by atoms with Gasteiger partial charge in [-0.25, -0.2) is 4.98 Å². The highest BCUT2D eigenvalue weighted by Gasteiger charge is 2.18. The van der Waals surface area contributed by atoms with E-state index >= 15 is 0 Å². The number of aromatic nitrogens is 1. The molecule has 0 aliphatic rings. The van der Waals surface area contributed by atoms with Crippen molar-refractivity contribution in [1.82, 2.24) is 4.98 Å². The van der Waals surface area contributed by atoms with Crippen LogP contribution in [0.15, 0.2) is 77.8 Å². The number of benzene rings is 3. The van der Waals surface area contributed by atoms with Crippen LogP contribution >= 0.6 is 11.8 Å². The molecule has 0 radical (unpaired) electrons. The number of carbonyl (C=O) groups excluding carboxylic acids is 1. The number of nitrogens with one attached hydrogen (secondary N) is 1. The Morgan fingerprint density at radius 2 is 1.72 bits per heavy atom. The average molecular weight is 541 g/mol. The van der Waals surface area contributed by atoms with Crippen molar-refractivity contribution in [3.05, 3.63) is 94.0 Å². The molecule has 0 aliphatic carbocycles. The fraction of sp³-hybridized carbons (Fsp3) is 0.138. The SMILES string of the molecule is COc1ccc(-c2cc(-c3ccc(C)cc3)nc(SCC(=O)Nc3ccc([N+](=O)[O-])cc3OC)c2C#N)cc1. The summed E-state index contributed by atoms with van der Waals surface area (Å²) in [6, 6.07) is 23.3. The predicted octanol–water partition coefficient (Wildman–Crippen LogP) is 6.25. The molecule has 0 saturated carbocycles. The second-order valence-corrected chi connectivity index (χ2v) is 9.38. The van der Waals surface area contributed by atoms with Crippen molar-refractivity contribution >= 4 is 29.0 Å². The molecule has 39 heavy (non-hydrogen) atoms. The van der Waals surface area contributed by atoms with Crippen LogP contribution in [0.5, 0.6) is 11.5 Å². The molecule has 1 heterocycles. The molecule has 4 rings (SSSR count). The Kier molecular flexibility index (Phi) is 8.43. The van der Waals surface area contributed by atoms with Crippen LogP contribution in [0.25, 0.3) is 22.4 Å². The van der Waals surface area contributed by atoms with Crippen LogP contribution in [0.4, 0.5) is 11.4 Å². The lowest BCUT2D eigenvalue weighted by Crippen LogP contribution is -2.15.